The zero-order valence-corrected chi connectivity index (χ0v) is 16.0. The van der Waals surface area contributed by atoms with Crippen LogP contribution in [0, 0.1) is 0 Å². The standard InChI is InChI=1S/C18H17ClN2O4S/c1-18(2,16(22)23)25-13-8-9-15-14(10-13)20(3)17(24)21(26-15)12-6-4-11(19)5-7-12/h4-10H,1-3H3,(H,22,23). The zero-order chi connectivity index (χ0) is 19.1. The Morgan fingerprint density at radius 2 is 1.85 bits per heavy atom. The fourth-order valence-electron chi connectivity index (χ4n) is 2.35. The lowest BCUT2D eigenvalue weighted by Gasteiger charge is -2.34. The van der Waals surface area contributed by atoms with Crippen LogP contribution in [0.1, 0.15) is 13.8 Å². The Labute approximate surface area is 160 Å². The van der Waals surface area contributed by atoms with Gasteiger partial charge in [-0.05, 0) is 62.2 Å². The number of carboxylic acids is 1. The number of urea groups is 1. The molecule has 3 rings (SSSR count). The molecule has 0 atom stereocenters. The SMILES string of the molecule is CN1C(=O)N(c2ccc(Cl)cc2)Sc2ccc(OC(C)(C)C(=O)O)cc21. The Balaban J connectivity index is 1.91. The van der Waals surface area contributed by atoms with Crippen molar-refractivity contribution in [3.63, 3.8) is 0 Å². The molecule has 0 aliphatic carbocycles. The predicted octanol–water partition coefficient (Wildman–Crippen LogP) is 4.67. The molecule has 0 saturated heterocycles. The number of hydrogen-bond acceptors (Lipinski definition) is 4. The van der Waals surface area contributed by atoms with E-state index in [0.717, 1.165) is 4.90 Å². The van der Waals surface area contributed by atoms with Crippen molar-refractivity contribution < 1.29 is 19.4 Å². The summed E-state index contributed by atoms with van der Waals surface area (Å²) in [5, 5.41) is 9.80. The van der Waals surface area contributed by atoms with E-state index in [1.54, 1.807) is 53.8 Å². The van der Waals surface area contributed by atoms with Crippen molar-refractivity contribution in [2.75, 3.05) is 16.3 Å². The van der Waals surface area contributed by atoms with Crippen molar-refractivity contribution in [3.8, 4) is 5.75 Å². The Morgan fingerprint density at radius 1 is 1.19 bits per heavy atom. The van der Waals surface area contributed by atoms with Crippen LogP contribution in [0.25, 0.3) is 0 Å². The Bertz CT molecular complexity index is 870. The second-order valence-electron chi connectivity index (χ2n) is 6.25. The molecule has 0 fully saturated rings. The van der Waals surface area contributed by atoms with Crippen molar-refractivity contribution in [3.05, 3.63) is 47.5 Å². The largest absolute Gasteiger partial charge is 0.478 e. The van der Waals surface area contributed by atoms with Crippen molar-refractivity contribution >= 4 is 46.9 Å². The van der Waals surface area contributed by atoms with Crippen LogP contribution in [0.4, 0.5) is 16.2 Å². The second-order valence-corrected chi connectivity index (χ2v) is 7.67. The van der Waals surface area contributed by atoms with Gasteiger partial charge in [-0.2, -0.15) is 0 Å². The van der Waals surface area contributed by atoms with E-state index in [0.29, 0.717) is 22.1 Å². The summed E-state index contributed by atoms with van der Waals surface area (Å²) in [4.78, 5) is 26.3. The van der Waals surface area contributed by atoms with Crippen LogP contribution >= 0.6 is 23.5 Å². The van der Waals surface area contributed by atoms with Gasteiger partial charge in [0.05, 0.1) is 16.3 Å². The van der Waals surface area contributed by atoms with Gasteiger partial charge in [0, 0.05) is 18.1 Å². The molecule has 1 aliphatic heterocycles. The molecular formula is C18H17ClN2O4S. The van der Waals surface area contributed by atoms with E-state index in [2.05, 4.69) is 0 Å². The fraction of sp³-hybridized carbons (Fsp3) is 0.222. The third-order valence-electron chi connectivity index (χ3n) is 3.89. The van der Waals surface area contributed by atoms with Gasteiger partial charge in [0.15, 0.2) is 5.60 Å². The minimum atomic E-state index is -1.37. The van der Waals surface area contributed by atoms with Gasteiger partial charge in [0.25, 0.3) is 0 Å². The van der Waals surface area contributed by atoms with E-state index in [-0.39, 0.29) is 6.03 Å². The van der Waals surface area contributed by atoms with E-state index < -0.39 is 11.6 Å². The molecular weight excluding hydrogens is 376 g/mol. The Kier molecular flexibility index (Phi) is 4.77. The van der Waals surface area contributed by atoms with Gasteiger partial charge in [0.1, 0.15) is 5.75 Å². The van der Waals surface area contributed by atoms with Crippen LogP contribution in [0.15, 0.2) is 47.4 Å². The maximum Gasteiger partial charge on any atom is 0.347 e. The molecule has 2 amide bonds. The maximum absolute atomic E-state index is 12.7. The molecule has 0 saturated carbocycles. The second kappa shape index (κ2) is 6.74. The number of rotatable bonds is 4. The number of carbonyl (C=O) groups is 2. The van der Waals surface area contributed by atoms with Crippen LogP contribution in [0.3, 0.4) is 0 Å². The molecule has 1 heterocycles. The van der Waals surface area contributed by atoms with Gasteiger partial charge in [-0.15, -0.1) is 0 Å². The van der Waals surface area contributed by atoms with Gasteiger partial charge in [-0.3, -0.25) is 4.90 Å². The lowest BCUT2D eigenvalue weighted by molar-refractivity contribution is -0.152. The highest BCUT2D eigenvalue weighted by Gasteiger charge is 2.33. The number of carbonyl (C=O) groups excluding carboxylic acids is 1. The summed E-state index contributed by atoms with van der Waals surface area (Å²) in [5.74, 6) is -0.681. The molecule has 2 aromatic rings. The molecule has 136 valence electrons. The summed E-state index contributed by atoms with van der Waals surface area (Å²) in [6, 6.07) is 12.0. The number of nitrogens with zero attached hydrogens (tertiary/aromatic N) is 2. The number of aliphatic carboxylic acids is 1. The summed E-state index contributed by atoms with van der Waals surface area (Å²) in [6.07, 6.45) is 0. The molecule has 0 aromatic heterocycles. The van der Waals surface area contributed by atoms with E-state index in [4.69, 9.17) is 16.3 Å². The maximum atomic E-state index is 12.7. The molecule has 1 aliphatic rings. The number of halogens is 1. The van der Waals surface area contributed by atoms with Gasteiger partial charge < -0.3 is 9.84 Å². The number of hydrogen-bond donors (Lipinski definition) is 1. The summed E-state index contributed by atoms with van der Waals surface area (Å²) in [7, 11) is 1.66. The Morgan fingerprint density at radius 3 is 2.46 bits per heavy atom. The molecule has 0 spiro atoms. The van der Waals surface area contributed by atoms with Gasteiger partial charge in [0.2, 0.25) is 0 Å². The lowest BCUT2D eigenvalue weighted by Crippen LogP contribution is -2.41. The normalized spacial score (nSPS) is 14.2. The average Bonchev–Trinajstić information content (AvgIpc) is 2.59. The number of anilines is 2. The molecule has 8 heteroatoms. The topological polar surface area (TPSA) is 70.1 Å². The number of fused-ring (bicyclic) bond motifs is 1. The van der Waals surface area contributed by atoms with Gasteiger partial charge >= 0.3 is 12.0 Å². The first-order valence-corrected chi connectivity index (χ1v) is 8.92. The average molecular weight is 393 g/mol. The van der Waals surface area contributed by atoms with E-state index >= 15 is 0 Å². The third-order valence-corrected chi connectivity index (χ3v) is 5.23. The van der Waals surface area contributed by atoms with Gasteiger partial charge in [-0.25, -0.2) is 13.9 Å². The van der Waals surface area contributed by atoms with Crippen molar-refractivity contribution in [1.82, 2.24) is 0 Å². The highest BCUT2D eigenvalue weighted by atomic mass is 35.5. The van der Waals surface area contributed by atoms with Crippen LogP contribution in [-0.2, 0) is 4.79 Å². The molecule has 0 bridgehead atoms. The van der Waals surface area contributed by atoms with Crippen LogP contribution in [0.2, 0.25) is 5.02 Å². The van der Waals surface area contributed by atoms with Crippen molar-refractivity contribution in [1.29, 1.82) is 0 Å². The fourth-order valence-corrected chi connectivity index (χ4v) is 3.52. The Hall–Kier alpha value is -2.38. The molecule has 26 heavy (non-hydrogen) atoms. The zero-order valence-electron chi connectivity index (χ0n) is 14.4. The molecule has 0 unspecified atom stereocenters. The van der Waals surface area contributed by atoms with Crippen LogP contribution in [0.5, 0.6) is 5.75 Å². The number of amides is 2. The van der Waals surface area contributed by atoms with E-state index in [9.17, 15) is 14.7 Å². The molecule has 2 aromatic carbocycles. The van der Waals surface area contributed by atoms with E-state index in [1.165, 1.54) is 30.7 Å². The summed E-state index contributed by atoms with van der Waals surface area (Å²) >= 11 is 7.20. The quantitative estimate of drug-likeness (QED) is 0.766. The minimum absolute atomic E-state index is 0.223. The first-order chi connectivity index (χ1) is 12.2. The molecule has 1 N–H and O–H groups in total. The highest BCUT2D eigenvalue weighted by molar-refractivity contribution is 8.01. The van der Waals surface area contributed by atoms with Crippen molar-refractivity contribution in [2.45, 2.75) is 24.3 Å². The van der Waals surface area contributed by atoms with E-state index in [1.807, 2.05) is 0 Å². The third kappa shape index (κ3) is 3.45. The first kappa shape index (κ1) is 18.4. The molecule has 0 radical (unpaired) electrons. The lowest BCUT2D eigenvalue weighted by atomic mass is 10.1. The van der Waals surface area contributed by atoms with Gasteiger partial charge in [-0.1, -0.05) is 11.6 Å². The van der Waals surface area contributed by atoms with Crippen LogP contribution in [-0.4, -0.2) is 29.8 Å². The smallest absolute Gasteiger partial charge is 0.347 e. The number of benzene rings is 2. The monoisotopic (exact) mass is 392 g/mol. The first-order valence-electron chi connectivity index (χ1n) is 7.77. The minimum Gasteiger partial charge on any atom is -0.478 e. The number of ether oxygens (including phenoxy) is 1. The summed E-state index contributed by atoms with van der Waals surface area (Å²) in [6.45, 7) is 2.95. The summed E-state index contributed by atoms with van der Waals surface area (Å²) in [5.41, 5.74) is 0.00618. The van der Waals surface area contributed by atoms with Crippen molar-refractivity contribution in [2.24, 2.45) is 0 Å². The molecule has 6 nitrogen and oxygen atoms in total. The predicted molar refractivity (Wildman–Crippen MR) is 102 cm³/mol. The number of carboxylic acid groups (broad SMARTS) is 1. The van der Waals surface area contributed by atoms with Crippen LogP contribution < -0.4 is 13.9 Å². The summed E-state index contributed by atoms with van der Waals surface area (Å²) < 4.78 is 7.13. The highest BCUT2D eigenvalue weighted by Crippen LogP contribution is 2.42.